The van der Waals surface area contributed by atoms with E-state index in [1.807, 2.05) is 53.4 Å². The number of carbonyl (C=O) groups is 1. The van der Waals surface area contributed by atoms with Crippen LogP contribution in [0.2, 0.25) is 0 Å². The van der Waals surface area contributed by atoms with Crippen molar-refractivity contribution >= 4 is 11.7 Å². The molecule has 0 radical (unpaired) electrons. The van der Waals surface area contributed by atoms with E-state index in [1.165, 1.54) is 0 Å². The second-order valence-electron chi connectivity index (χ2n) is 6.04. The Kier molecular flexibility index (Phi) is 4.72. The van der Waals surface area contributed by atoms with Crippen molar-refractivity contribution in [3.8, 4) is 0 Å². The van der Waals surface area contributed by atoms with Crippen LogP contribution >= 0.6 is 0 Å². The van der Waals surface area contributed by atoms with Gasteiger partial charge in [-0.15, -0.1) is 0 Å². The Morgan fingerprint density at radius 1 is 1.13 bits per heavy atom. The zero-order valence-electron chi connectivity index (χ0n) is 13.4. The molecule has 0 bridgehead atoms. The Labute approximate surface area is 137 Å². The lowest BCUT2D eigenvalue weighted by Crippen LogP contribution is -2.62. The van der Waals surface area contributed by atoms with Crippen molar-refractivity contribution < 1.29 is 14.5 Å². The molecular formula is C19H23N2O2+. The van der Waals surface area contributed by atoms with E-state index in [-0.39, 0.29) is 11.8 Å². The molecule has 1 aromatic heterocycles. The molecule has 4 nitrogen and oxygen atoms in total. The van der Waals surface area contributed by atoms with Crippen LogP contribution in [0.25, 0.3) is 0 Å². The summed E-state index contributed by atoms with van der Waals surface area (Å²) in [5.74, 6) is 0.367. The minimum Gasteiger partial charge on any atom is -0.355 e. The molecule has 4 heteroatoms. The van der Waals surface area contributed by atoms with Crippen molar-refractivity contribution in [3.63, 3.8) is 0 Å². The summed E-state index contributed by atoms with van der Waals surface area (Å²) < 4.78 is 1.68. The van der Waals surface area contributed by atoms with E-state index < -0.39 is 6.23 Å². The molecule has 1 aromatic carbocycles. The summed E-state index contributed by atoms with van der Waals surface area (Å²) in [6, 6.07) is 15.7. The molecule has 0 spiro atoms. The van der Waals surface area contributed by atoms with E-state index in [0.29, 0.717) is 13.0 Å². The molecule has 23 heavy (non-hydrogen) atoms. The number of pyridine rings is 1. The van der Waals surface area contributed by atoms with Crippen LogP contribution in [0.15, 0.2) is 54.7 Å². The van der Waals surface area contributed by atoms with Gasteiger partial charge in [-0.05, 0) is 18.1 Å². The first-order chi connectivity index (χ1) is 11.2. The standard InChI is InChI=1S/C19H23N2O2/c1-2-3-11-16-18(22)20-13-8-7-12-17(20)21(19(16)23)14-15-9-5-4-6-10-15/h4-10,12-13,16,19,23H,2-3,11,14H2,1H3/q+1. The van der Waals surface area contributed by atoms with Gasteiger partial charge in [0.25, 0.3) is 5.82 Å². The van der Waals surface area contributed by atoms with Crippen LogP contribution in [0.5, 0.6) is 0 Å². The minimum absolute atomic E-state index is 0.00846. The number of rotatable bonds is 5. The number of benzene rings is 1. The highest BCUT2D eigenvalue weighted by Crippen LogP contribution is 2.27. The van der Waals surface area contributed by atoms with Crippen LogP contribution in [-0.4, -0.2) is 17.2 Å². The summed E-state index contributed by atoms with van der Waals surface area (Å²) >= 11 is 0. The summed E-state index contributed by atoms with van der Waals surface area (Å²) in [5.41, 5.74) is 1.12. The van der Waals surface area contributed by atoms with Crippen molar-refractivity contribution in [1.29, 1.82) is 0 Å². The summed E-state index contributed by atoms with van der Waals surface area (Å²) in [7, 11) is 0. The number of nitrogens with zero attached hydrogens (tertiary/aromatic N) is 2. The maximum Gasteiger partial charge on any atom is 0.324 e. The first-order valence-electron chi connectivity index (χ1n) is 8.26. The average Bonchev–Trinajstić information content (AvgIpc) is 2.59. The molecule has 3 rings (SSSR count). The molecule has 2 aromatic rings. The number of aromatic nitrogens is 1. The molecular weight excluding hydrogens is 288 g/mol. The fraction of sp³-hybridized carbons (Fsp3) is 0.368. The smallest absolute Gasteiger partial charge is 0.324 e. The lowest BCUT2D eigenvalue weighted by Gasteiger charge is -2.32. The number of aliphatic hydroxyl groups excluding tert-OH is 1. The highest BCUT2D eigenvalue weighted by atomic mass is 16.3. The van der Waals surface area contributed by atoms with Gasteiger partial charge in [0.1, 0.15) is 12.5 Å². The summed E-state index contributed by atoms with van der Waals surface area (Å²) in [6.07, 6.45) is 3.68. The van der Waals surface area contributed by atoms with Crippen molar-refractivity contribution in [3.05, 3.63) is 60.3 Å². The molecule has 120 valence electrons. The normalized spacial score (nSPS) is 20.4. The molecule has 0 fully saturated rings. The summed E-state index contributed by atoms with van der Waals surface area (Å²) in [5, 5.41) is 10.8. The number of anilines is 1. The summed E-state index contributed by atoms with van der Waals surface area (Å²) in [4.78, 5) is 14.6. The van der Waals surface area contributed by atoms with E-state index >= 15 is 0 Å². The van der Waals surface area contributed by atoms with Gasteiger partial charge >= 0.3 is 5.91 Å². The van der Waals surface area contributed by atoms with E-state index in [4.69, 9.17) is 0 Å². The van der Waals surface area contributed by atoms with Crippen LogP contribution in [0.4, 0.5) is 5.82 Å². The van der Waals surface area contributed by atoms with Crippen LogP contribution < -0.4 is 9.47 Å². The highest BCUT2D eigenvalue weighted by Gasteiger charge is 2.45. The monoisotopic (exact) mass is 311 g/mol. The highest BCUT2D eigenvalue weighted by molar-refractivity contribution is 5.74. The third kappa shape index (κ3) is 3.13. The van der Waals surface area contributed by atoms with Gasteiger partial charge in [0, 0.05) is 6.07 Å². The Morgan fingerprint density at radius 3 is 2.61 bits per heavy atom. The maximum atomic E-state index is 12.7. The SMILES string of the molecule is CCCCC1C(=O)[n+]2ccccc2N(Cc2ccccc2)C1O. The Balaban J connectivity index is 1.95. The quantitative estimate of drug-likeness (QED) is 0.864. The topological polar surface area (TPSA) is 44.4 Å². The van der Waals surface area contributed by atoms with Crippen molar-refractivity contribution in [1.82, 2.24) is 0 Å². The number of carbonyl (C=O) groups excluding carboxylic acids is 1. The number of fused-ring (bicyclic) bond motifs is 1. The van der Waals surface area contributed by atoms with Gasteiger partial charge in [0.2, 0.25) is 6.23 Å². The molecule has 1 aliphatic heterocycles. The fourth-order valence-corrected chi connectivity index (χ4v) is 3.16. The minimum atomic E-state index is -0.781. The Morgan fingerprint density at radius 2 is 1.87 bits per heavy atom. The van der Waals surface area contributed by atoms with Crippen LogP contribution in [0.1, 0.15) is 36.5 Å². The molecule has 0 saturated carbocycles. The van der Waals surface area contributed by atoms with Gasteiger partial charge in [0.15, 0.2) is 0 Å². The first-order valence-corrected chi connectivity index (χ1v) is 8.26. The predicted molar refractivity (Wildman–Crippen MR) is 88.9 cm³/mol. The molecule has 0 saturated heterocycles. The zero-order chi connectivity index (χ0) is 16.2. The third-order valence-electron chi connectivity index (χ3n) is 4.43. The molecule has 1 N–H and O–H groups in total. The predicted octanol–water partition coefficient (Wildman–Crippen LogP) is 2.76. The fourth-order valence-electron chi connectivity index (χ4n) is 3.16. The molecule has 2 atom stereocenters. The largest absolute Gasteiger partial charge is 0.355 e. The lowest BCUT2D eigenvalue weighted by molar-refractivity contribution is -0.570. The maximum absolute atomic E-state index is 12.7. The number of hydrogen-bond acceptors (Lipinski definition) is 3. The third-order valence-corrected chi connectivity index (χ3v) is 4.43. The van der Waals surface area contributed by atoms with E-state index in [1.54, 1.807) is 10.8 Å². The van der Waals surface area contributed by atoms with E-state index in [0.717, 1.165) is 24.2 Å². The molecule has 1 aliphatic rings. The second kappa shape index (κ2) is 6.92. The molecule has 0 amide bonds. The zero-order valence-corrected chi connectivity index (χ0v) is 13.4. The Hall–Kier alpha value is -2.20. The lowest BCUT2D eigenvalue weighted by atomic mass is 9.95. The number of aliphatic hydroxyl groups is 1. The number of unbranched alkanes of at least 4 members (excludes halogenated alkanes) is 1. The van der Waals surface area contributed by atoms with E-state index in [2.05, 4.69) is 6.92 Å². The van der Waals surface area contributed by atoms with Gasteiger partial charge in [-0.1, -0.05) is 56.2 Å². The van der Waals surface area contributed by atoms with E-state index in [9.17, 15) is 9.90 Å². The Bertz CT molecular complexity index is 672. The van der Waals surface area contributed by atoms with Crippen molar-refractivity contribution in [2.45, 2.75) is 39.0 Å². The van der Waals surface area contributed by atoms with Crippen molar-refractivity contribution in [2.75, 3.05) is 4.90 Å². The van der Waals surface area contributed by atoms with Gasteiger partial charge in [0.05, 0.1) is 6.20 Å². The molecule has 2 unspecified atom stereocenters. The van der Waals surface area contributed by atoms with Gasteiger partial charge < -0.3 is 5.11 Å². The first kappa shape index (κ1) is 15.7. The van der Waals surface area contributed by atoms with Gasteiger partial charge in [-0.3, -0.25) is 0 Å². The van der Waals surface area contributed by atoms with Gasteiger partial charge in [-0.2, -0.15) is 4.57 Å². The van der Waals surface area contributed by atoms with Crippen LogP contribution in [-0.2, 0) is 6.54 Å². The molecule has 0 aliphatic carbocycles. The van der Waals surface area contributed by atoms with Crippen LogP contribution in [0.3, 0.4) is 0 Å². The molecule has 2 heterocycles. The second-order valence-corrected chi connectivity index (χ2v) is 6.04. The van der Waals surface area contributed by atoms with Crippen LogP contribution in [0, 0.1) is 5.92 Å². The van der Waals surface area contributed by atoms with Gasteiger partial charge in [-0.25, -0.2) is 9.69 Å². The number of hydrogen-bond donors (Lipinski definition) is 1. The average molecular weight is 311 g/mol. The van der Waals surface area contributed by atoms with Crippen molar-refractivity contribution in [2.24, 2.45) is 5.92 Å². The summed E-state index contributed by atoms with van der Waals surface area (Å²) in [6.45, 7) is 2.68.